The summed E-state index contributed by atoms with van der Waals surface area (Å²) in [6.07, 6.45) is 7.64. The molecule has 0 fully saturated rings. The van der Waals surface area contributed by atoms with Crippen LogP contribution < -0.4 is 5.73 Å². The summed E-state index contributed by atoms with van der Waals surface area (Å²) in [5.41, 5.74) is 4.48. The average Bonchev–Trinajstić information content (AvgIpc) is 2.33. The maximum Gasteiger partial charge on any atom is 0.178 e. The lowest BCUT2D eigenvalue weighted by atomic mass is 10.0. The molecule has 0 aliphatic rings. The smallest absolute Gasteiger partial charge is 0.178 e. The maximum absolute atomic E-state index is 13.7. The van der Waals surface area contributed by atoms with Gasteiger partial charge in [-0.3, -0.25) is 5.73 Å². The summed E-state index contributed by atoms with van der Waals surface area (Å²) in [7, 11) is -0.686. The van der Waals surface area contributed by atoms with Crippen molar-refractivity contribution in [3.05, 3.63) is 12.7 Å². The fraction of sp³-hybridized carbons (Fsp3) is 0.875. The van der Waals surface area contributed by atoms with E-state index >= 15 is 0 Å². The van der Waals surface area contributed by atoms with Gasteiger partial charge in [0, 0.05) is 0 Å². The first-order valence-electron chi connectivity index (χ1n) is 7.68. The first kappa shape index (κ1) is 19.0. The predicted molar refractivity (Wildman–Crippen MR) is 89.7 cm³/mol. The number of rotatable bonds is 11. The van der Waals surface area contributed by atoms with E-state index < -0.39 is 16.5 Å². The molecule has 0 spiro atoms. The molecule has 5 atom stereocenters. The van der Waals surface area contributed by atoms with Crippen LogP contribution in [0.3, 0.4) is 0 Å². The van der Waals surface area contributed by atoms with Crippen LogP contribution >= 0.6 is 10.9 Å². The molecule has 3 heteroatoms. The highest BCUT2D eigenvalue weighted by molar-refractivity contribution is 8.17. The average molecular weight is 292 g/mol. The number of alkyl halides is 1. The summed E-state index contributed by atoms with van der Waals surface area (Å²) in [5.74, 6) is 2.24. The van der Waals surface area contributed by atoms with Gasteiger partial charge < -0.3 is 0 Å². The lowest BCUT2D eigenvalue weighted by molar-refractivity contribution is 0.452. The normalized spacial score (nSPS) is 20.4. The molecule has 0 heterocycles. The Morgan fingerprint density at radius 1 is 1.16 bits per heavy atom. The first-order chi connectivity index (χ1) is 8.92. The molecular formula is C16H34FNS. The second kappa shape index (κ2) is 10.7. The van der Waals surface area contributed by atoms with E-state index in [1.54, 1.807) is 0 Å². The third-order valence-electron chi connectivity index (χ3n) is 3.83. The molecule has 3 unspecified atom stereocenters. The van der Waals surface area contributed by atoms with E-state index in [4.69, 9.17) is 5.73 Å². The Hall–Kier alpha value is -0.0200. The van der Waals surface area contributed by atoms with Crippen molar-refractivity contribution >= 4 is 10.9 Å². The van der Waals surface area contributed by atoms with Crippen LogP contribution in [-0.2, 0) is 0 Å². The third kappa shape index (κ3) is 8.69. The lowest BCUT2D eigenvalue weighted by Gasteiger charge is -2.32. The van der Waals surface area contributed by atoms with Gasteiger partial charge >= 0.3 is 0 Å². The van der Waals surface area contributed by atoms with Crippen LogP contribution in [0.2, 0.25) is 0 Å². The van der Waals surface area contributed by atoms with Crippen LogP contribution in [0.4, 0.5) is 4.39 Å². The Morgan fingerprint density at radius 3 is 2.26 bits per heavy atom. The van der Waals surface area contributed by atoms with Crippen LogP contribution in [0.5, 0.6) is 0 Å². The number of thiol groups is 1. The van der Waals surface area contributed by atoms with E-state index in [0.717, 1.165) is 25.0 Å². The van der Waals surface area contributed by atoms with E-state index in [1.807, 2.05) is 6.08 Å². The Labute approximate surface area is 122 Å². The quantitative estimate of drug-likeness (QED) is 0.312. The lowest BCUT2D eigenvalue weighted by Crippen LogP contribution is -2.25. The molecule has 0 rings (SSSR count). The van der Waals surface area contributed by atoms with Crippen molar-refractivity contribution in [2.45, 2.75) is 70.7 Å². The number of halogens is 1. The Bertz CT molecular complexity index is 233. The van der Waals surface area contributed by atoms with Crippen molar-refractivity contribution in [1.29, 1.82) is 0 Å². The second-order valence-corrected chi connectivity index (χ2v) is 8.79. The molecule has 0 bridgehead atoms. The van der Waals surface area contributed by atoms with Gasteiger partial charge in [-0.05, 0) is 42.1 Å². The summed E-state index contributed by atoms with van der Waals surface area (Å²) in [4.78, 5) is 0. The SMILES string of the molecule is C=CC[C@@H](C)CCC(C)[SH](CC(C)CCC)[C@H](N)F. The zero-order valence-corrected chi connectivity index (χ0v) is 14.1. The van der Waals surface area contributed by atoms with Gasteiger partial charge in [-0.15, -0.1) is 6.58 Å². The van der Waals surface area contributed by atoms with Crippen LogP contribution in [0.25, 0.3) is 0 Å². The number of hydrogen-bond donors (Lipinski definition) is 2. The van der Waals surface area contributed by atoms with Crippen molar-refractivity contribution < 1.29 is 4.39 Å². The molecule has 116 valence electrons. The molecule has 1 nitrogen and oxygen atoms in total. The standard InChI is InChI=1S/C16H34FNS/c1-6-8-13(3)10-11-15(5)19(16(17)18)12-14(4)9-7-2/h6,13-16,19H,1,7-12,18H2,2-5H3/t13-,14?,15?,16+/m1/s1. The first-order valence-corrected chi connectivity index (χ1v) is 9.35. The summed E-state index contributed by atoms with van der Waals surface area (Å²) < 4.78 is 13.7. The highest BCUT2D eigenvalue weighted by Crippen LogP contribution is 2.40. The minimum atomic E-state index is -1.11. The molecule has 0 aliphatic heterocycles. The number of allylic oxidation sites excluding steroid dienone is 1. The Balaban J connectivity index is 4.24. The van der Waals surface area contributed by atoms with Crippen molar-refractivity contribution in [3.63, 3.8) is 0 Å². The summed E-state index contributed by atoms with van der Waals surface area (Å²) in [6, 6.07) is 0. The maximum atomic E-state index is 13.7. The molecule has 0 saturated carbocycles. The zero-order valence-electron chi connectivity index (χ0n) is 13.2. The van der Waals surface area contributed by atoms with E-state index in [0.29, 0.717) is 17.1 Å². The molecule has 0 saturated heterocycles. The molecule has 0 aliphatic carbocycles. The van der Waals surface area contributed by atoms with Crippen molar-refractivity contribution in [3.8, 4) is 0 Å². The van der Waals surface area contributed by atoms with Crippen LogP contribution in [0.15, 0.2) is 12.7 Å². The molecular weight excluding hydrogens is 257 g/mol. The van der Waals surface area contributed by atoms with Crippen LogP contribution in [-0.4, -0.2) is 16.6 Å². The predicted octanol–water partition coefficient (Wildman–Crippen LogP) is 5.02. The fourth-order valence-corrected chi connectivity index (χ4v) is 4.99. The highest BCUT2D eigenvalue weighted by atomic mass is 32.2. The van der Waals surface area contributed by atoms with Gasteiger partial charge in [0.15, 0.2) is 5.63 Å². The highest BCUT2D eigenvalue weighted by Gasteiger charge is 2.22. The molecule has 0 aromatic carbocycles. The van der Waals surface area contributed by atoms with Crippen LogP contribution in [0, 0.1) is 11.8 Å². The summed E-state index contributed by atoms with van der Waals surface area (Å²) >= 11 is 0. The van der Waals surface area contributed by atoms with Crippen molar-refractivity contribution in [1.82, 2.24) is 0 Å². The molecule has 0 radical (unpaired) electrons. The van der Waals surface area contributed by atoms with Gasteiger partial charge in [-0.25, -0.2) is 15.3 Å². The van der Waals surface area contributed by atoms with Crippen molar-refractivity contribution in [2.24, 2.45) is 17.6 Å². The van der Waals surface area contributed by atoms with Crippen LogP contribution in [0.1, 0.15) is 59.8 Å². The van der Waals surface area contributed by atoms with E-state index in [2.05, 4.69) is 34.3 Å². The summed E-state index contributed by atoms with van der Waals surface area (Å²) in [6.45, 7) is 12.6. The van der Waals surface area contributed by atoms with E-state index in [1.165, 1.54) is 12.8 Å². The Kier molecular flexibility index (Phi) is 10.7. The summed E-state index contributed by atoms with van der Waals surface area (Å²) in [5, 5.41) is 0.432. The topological polar surface area (TPSA) is 26.0 Å². The second-order valence-electron chi connectivity index (χ2n) is 6.02. The minimum Gasteiger partial charge on any atom is -0.294 e. The molecule has 0 aromatic rings. The molecule has 0 aromatic heterocycles. The van der Waals surface area contributed by atoms with Crippen molar-refractivity contribution in [2.75, 3.05) is 5.75 Å². The van der Waals surface area contributed by atoms with Gasteiger partial charge in [0.1, 0.15) is 0 Å². The largest absolute Gasteiger partial charge is 0.294 e. The number of hydrogen-bond acceptors (Lipinski definition) is 1. The number of nitrogens with two attached hydrogens (primary N) is 1. The third-order valence-corrected chi connectivity index (χ3v) is 6.90. The minimum absolute atomic E-state index is 0.432. The monoisotopic (exact) mass is 291 g/mol. The molecule has 19 heavy (non-hydrogen) atoms. The zero-order chi connectivity index (χ0) is 14.8. The van der Waals surface area contributed by atoms with Gasteiger partial charge in [-0.1, -0.05) is 46.6 Å². The van der Waals surface area contributed by atoms with Gasteiger partial charge in [0.05, 0.1) is 0 Å². The van der Waals surface area contributed by atoms with Gasteiger partial charge in [0.2, 0.25) is 0 Å². The molecule has 0 amide bonds. The Morgan fingerprint density at radius 2 is 1.79 bits per heavy atom. The molecule has 2 N–H and O–H groups in total. The van der Waals surface area contributed by atoms with E-state index in [-0.39, 0.29) is 0 Å². The van der Waals surface area contributed by atoms with Gasteiger partial charge in [-0.2, -0.15) is 0 Å². The fourth-order valence-electron chi connectivity index (χ4n) is 2.56. The van der Waals surface area contributed by atoms with Gasteiger partial charge in [0.25, 0.3) is 0 Å². The van der Waals surface area contributed by atoms with E-state index in [9.17, 15) is 4.39 Å².